The molecule has 156 valence electrons. The van der Waals surface area contributed by atoms with Crippen LogP contribution < -0.4 is 0 Å². The summed E-state index contributed by atoms with van der Waals surface area (Å²) in [5.41, 5.74) is 1.46. The van der Waals surface area contributed by atoms with E-state index in [1.807, 2.05) is 50.5 Å². The molecule has 5 nitrogen and oxygen atoms in total. The molecule has 1 aromatic heterocycles. The lowest BCUT2D eigenvalue weighted by Crippen LogP contribution is -2.55. The van der Waals surface area contributed by atoms with E-state index in [-0.39, 0.29) is 5.91 Å². The van der Waals surface area contributed by atoms with Gasteiger partial charge in [0.2, 0.25) is 5.91 Å². The number of benzene rings is 1. The van der Waals surface area contributed by atoms with Gasteiger partial charge in [-0.3, -0.25) is 9.69 Å². The number of aromatic nitrogens is 1. The number of carbonyl (C=O) groups is 1. The van der Waals surface area contributed by atoms with Crippen LogP contribution in [0, 0.1) is 5.41 Å². The molecule has 1 amide bonds. The van der Waals surface area contributed by atoms with Crippen LogP contribution in [0.2, 0.25) is 0 Å². The highest BCUT2D eigenvalue weighted by molar-refractivity contribution is 5.83. The van der Waals surface area contributed by atoms with E-state index >= 15 is 0 Å². The molecule has 0 N–H and O–H groups in total. The number of rotatable bonds is 5. The van der Waals surface area contributed by atoms with Crippen molar-refractivity contribution in [1.82, 2.24) is 15.0 Å². The lowest BCUT2D eigenvalue weighted by molar-refractivity contribution is -0.144. The number of likely N-dealkylation sites (tertiary alicyclic amines) is 1. The van der Waals surface area contributed by atoms with Crippen LogP contribution in [0.15, 0.2) is 40.9 Å². The second-order valence-electron chi connectivity index (χ2n) is 9.07. The second kappa shape index (κ2) is 8.70. The summed E-state index contributed by atoms with van der Waals surface area (Å²) in [7, 11) is 3.75. The third-order valence-electron chi connectivity index (χ3n) is 6.70. The van der Waals surface area contributed by atoms with E-state index in [1.54, 1.807) is 4.90 Å². The SMILES string of the molecule is CN(C)C(=O)[C@@]1(Cc2cc(-c3ccccc3)no2)CCCN(C2CCCCC2)C1. The molecule has 0 bridgehead atoms. The molecule has 1 saturated carbocycles. The molecule has 2 aliphatic rings. The van der Waals surface area contributed by atoms with Crippen molar-refractivity contribution >= 4 is 5.91 Å². The largest absolute Gasteiger partial charge is 0.361 e. The summed E-state index contributed by atoms with van der Waals surface area (Å²) in [6, 6.07) is 12.7. The van der Waals surface area contributed by atoms with Crippen LogP contribution in [0.4, 0.5) is 0 Å². The standard InChI is InChI=1S/C24H33N3O2/c1-26(2)23(28)24(14-9-15-27(18-24)20-12-7-4-8-13-20)17-21-16-22(25-29-21)19-10-5-3-6-11-19/h3,5-6,10-11,16,20H,4,7-9,12-15,17-18H2,1-2H3/t24-/m1/s1. The van der Waals surface area contributed by atoms with Crippen molar-refractivity contribution in [2.45, 2.75) is 57.4 Å². The minimum absolute atomic E-state index is 0.218. The summed E-state index contributed by atoms with van der Waals surface area (Å²) >= 11 is 0. The van der Waals surface area contributed by atoms with Crippen LogP contribution in [-0.4, -0.2) is 54.1 Å². The van der Waals surface area contributed by atoms with Gasteiger partial charge in [0.15, 0.2) is 0 Å². The average molecular weight is 396 g/mol. The number of amides is 1. The summed E-state index contributed by atoms with van der Waals surface area (Å²) in [5, 5.41) is 4.28. The van der Waals surface area contributed by atoms with Gasteiger partial charge < -0.3 is 9.42 Å². The van der Waals surface area contributed by atoms with E-state index in [0.717, 1.165) is 42.9 Å². The van der Waals surface area contributed by atoms with Crippen LogP contribution in [-0.2, 0) is 11.2 Å². The van der Waals surface area contributed by atoms with Gasteiger partial charge >= 0.3 is 0 Å². The van der Waals surface area contributed by atoms with Gasteiger partial charge in [-0.15, -0.1) is 0 Å². The number of carbonyl (C=O) groups excluding carboxylic acids is 1. The van der Waals surface area contributed by atoms with Crippen LogP contribution in [0.25, 0.3) is 11.3 Å². The van der Waals surface area contributed by atoms with E-state index in [0.29, 0.717) is 12.5 Å². The fourth-order valence-electron chi connectivity index (χ4n) is 5.27. The summed E-state index contributed by atoms with van der Waals surface area (Å²) in [6.45, 7) is 1.94. The van der Waals surface area contributed by atoms with Gasteiger partial charge in [0.25, 0.3) is 0 Å². The molecule has 29 heavy (non-hydrogen) atoms. The van der Waals surface area contributed by atoms with E-state index in [2.05, 4.69) is 10.1 Å². The van der Waals surface area contributed by atoms with Crippen LogP contribution in [0.1, 0.15) is 50.7 Å². The maximum absolute atomic E-state index is 13.4. The first-order valence-corrected chi connectivity index (χ1v) is 11.0. The summed E-state index contributed by atoms with van der Waals surface area (Å²) < 4.78 is 5.72. The molecule has 1 aliphatic heterocycles. The zero-order chi connectivity index (χ0) is 20.3. The normalized spacial score (nSPS) is 23.8. The third kappa shape index (κ3) is 4.40. The Morgan fingerprint density at radius 2 is 1.93 bits per heavy atom. The molecule has 0 unspecified atom stereocenters. The second-order valence-corrected chi connectivity index (χ2v) is 9.07. The molecule has 1 aliphatic carbocycles. The van der Waals surface area contributed by atoms with E-state index in [1.165, 1.54) is 32.1 Å². The Balaban J connectivity index is 1.57. The maximum Gasteiger partial charge on any atom is 0.230 e. The molecular weight excluding hydrogens is 362 g/mol. The zero-order valence-corrected chi connectivity index (χ0v) is 17.8. The topological polar surface area (TPSA) is 49.6 Å². The van der Waals surface area contributed by atoms with Crippen molar-refractivity contribution in [3.8, 4) is 11.3 Å². The van der Waals surface area contributed by atoms with Gasteiger partial charge in [-0.1, -0.05) is 54.8 Å². The highest BCUT2D eigenvalue weighted by atomic mass is 16.5. The molecule has 1 saturated heterocycles. The van der Waals surface area contributed by atoms with Crippen LogP contribution >= 0.6 is 0 Å². The highest BCUT2D eigenvalue weighted by Gasteiger charge is 2.45. The quantitative estimate of drug-likeness (QED) is 0.753. The van der Waals surface area contributed by atoms with Crippen molar-refractivity contribution in [1.29, 1.82) is 0 Å². The molecule has 2 fully saturated rings. The third-order valence-corrected chi connectivity index (χ3v) is 6.70. The Hall–Kier alpha value is -2.14. The van der Waals surface area contributed by atoms with E-state index in [4.69, 9.17) is 4.52 Å². The van der Waals surface area contributed by atoms with Gasteiger partial charge in [-0.05, 0) is 32.2 Å². The minimum Gasteiger partial charge on any atom is -0.361 e. The highest BCUT2D eigenvalue weighted by Crippen LogP contribution is 2.38. The number of hydrogen-bond donors (Lipinski definition) is 0. The number of nitrogens with zero attached hydrogens (tertiary/aromatic N) is 3. The molecular formula is C24H33N3O2. The van der Waals surface area contributed by atoms with Crippen molar-refractivity contribution < 1.29 is 9.32 Å². The molecule has 4 rings (SSSR count). The van der Waals surface area contributed by atoms with Crippen molar-refractivity contribution in [3.63, 3.8) is 0 Å². The fourth-order valence-corrected chi connectivity index (χ4v) is 5.27. The molecule has 0 spiro atoms. The molecule has 5 heteroatoms. The van der Waals surface area contributed by atoms with Crippen molar-refractivity contribution in [2.24, 2.45) is 5.41 Å². The van der Waals surface area contributed by atoms with Gasteiger partial charge in [0, 0.05) is 44.7 Å². The average Bonchev–Trinajstić information content (AvgIpc) is 3.23. The Labute approximate surface area is 174 Å². The Kier molecular flexibility index (Phi) is 6.04. The van der Waals surface area contributed by atoms with E-state index < -0.39 is 5.41 Å². The first-order chi connectivity index (χ1) is 14.1. The zero-order valence-electron chi connectivity index (χ0n) is 17.8. The molecule has 0 radical (unpaired) electrons. The maximum atomic E-state index is 13.4. The molecule has 1 aromatic carbocycles. The van der Waals surface area contributed by atoms with Crippen LogP contribution in [0.5, 0.6) is 0 Å². The predicted octanol–water partition coefficient (Wildman–Crippen LogP) is 4.39. The van der Waals surface area contributed by atoms with Gasteiger partial charge in [0.05, 0.1) is 5.41 Å². The molecule has 2 aromatic rings. The lowest BCUT2D eigenvalue weighted by atomic mass is 9.74. The van der Waals surface area contributed by atoms with Crippen molar-refractivity contribution in [3.05, 3.63) is 42.2 Å². The van der Waals surface area contributed by atoms with E-state index in [9.17, 15) is 4.79 Å². The summed E-state index contributed by atoms with van der Waals surface area (Å²) in [6.07, 6.45) is 9.12. The summed E-state index contributed by atoms with van der Waals surface area (Å²) in [5.74, 6) is 1.03. The fraction of sp³-hybridized carbons (Fsp3) is 0.583. The Bertz CT molecular complexity index is 811. The minimum atomic E-state index is -0.424. The Morgan fingerprint density at radius 1 is 1.17 bits per heavy atom. The first-order valence-electron chi connectivity index (χ1n) is 11.0. The number of piperidine rings is 1. The van der Waals surface area contributed by atoms with Gasteiger partial charge in [-0.2, -0.15) is 0 Å². The molecule has 1 atom stereocenters. The smallest absolute Gasteiger partial charge is 0.230 e. The summed E-state index contributed by atoms with van der Waals surface area (Å²) in [4.78, 5) is 17.7. The van der Waals surface area contributed by atoms with Gasteiger partial charge in [0.1, 0.15) is 11.5 Å². The lowest BCUT2D eigenvalue weighted by Gasteiger charge is -2.46. The number of hydrogen-bond acceptors (Lipinski definition) is 4. The Morgan fingerprint density at radius 3 is 2.66 bits per heavy atom. The molecule has 2 heterocycles. The van der Waals surface area contributed by atoms with Gasteiger partial charge in [-0.25, -0.2) is 0 Å². The monoisotopic (exact) mass is 395 g/mol. The first kappa shape index (κ1) is 20.1. The van der Waals surface area contributed by atoms with Crippen molar-refractivity contribution in [2.75, 3.05) is 27.2 Å². The van der Waals surface area contributed by atoms with Crippen LogP contribution in [0.3, 0.4) is 0 Å². The predicted molar refractivity (Wildman–Crippen MR) is 114 cm³/mol.